The Hall–Kier alpha value is -2.28. The molecule has 0 atom stereocenters. The highest BCUT2D eigenvalue weighted by Crippen LogP contribution is 2.09. The third-order valence-electron chi connectivity index (χ3n) is 2.37. The lowest BCUT2D eigenvalue weighted by molar-refractivity contribution is -0.116. The third kappa shape index (κ3) is 3.85. The lowest BCUT2D eigenvalue weighted by Gasteiger charge is -2.04. The van der Waals surface area contributed by atoms with Crippen LogP contribution in [0.15, 0.2) is 30.5 Å². The predicted octanol–water partition coefficient (Wildman–Crippen LogP) is 0.591. The first-order valence-corrected chi connectivity index (χ1v) is 5.72. The topological polar surface area (TPSA) is 80.0 Å². The van der Waals surface area contributed by atoms with Crippen molar-refractivity contribution in [3.8, 4) is 0 Å². The molecule has 0 fully saturated rings. The minimum absolute atomic E-state index is 0.0189. The summed E-state index contributed by atoms with van der Waals surface area (Å²) in [5, 5.41) is 18.8. The summed E-state index contributed by atoms with van der Waals surface area (Å²) in [7, 11) is 0. The van der Waals surface area contributed by atoms with E-state index in [4.69, 9.17) is 5.11 Å². The summed E-state index contributed by atoms with van der Waals surface area (Å²) in [6, 6.07) is 5.64. The molecule has 7 heteroatoms. The van der Waals surface area contributed by atoms with Crippen LogP contribution in [0.2, 0.25) is 0 Å². The molecule has 0 spiro atoms. The van der Waals surface area contributed by atoms with Crippen molar-refractivity contribution >= 4 is 11.6 Å². The maximum absolute atomic E-state index is 12.9. The van der Waals surface area contributed by atoms with E-state index in [1.54, 1.807) is 12.3 Å². The summed E-state index contributed by atoms with van der Waals surface area (Å²) >= 11 is 0. The van der Waals surface area contributed by atoms with E-state index in [9.17, 15) is 9.18 Å². The summed E-state index contributed by atoms with van der Waals surface area (Å²) in [5.41, 5.74) is 1.00. The molecule has 2 aromatic rings. The van der Waals surface area contributed by atoms with E-state index in [0.29, 0.717) is 17.8 Å². The van der Waals surface area contributed by atoms with Crippen molar-refractivity contribution in [1.29, 1.82) is 0 Å². The van der Waals surface area contributed by atoms with Crippen molar-refractivity contribution in [1.82, 2.24) is 15.0 Å². The van der Waals surface area contributed by atoms with Gasteiger partial charge >= 0.3 is 0 Å². The Morgan fingerprint density at radius 1 is 1.47 bits per heavy atom. The highest BCUT2D eigenvalue weighted by atomic mass is 19.1. The number of nitrogens with zero attached hydrogens (tertiary/aromatic N) is 3. The molecular formula is C12H13FN4O2. The second-order valence-electron chi connectivity index (χ2n) is 3.94. The summed E-state index contributed by atoms with van der Waals surface area (Å²) < 4.78 is 14.3. The van der Waals surface area contributed by atoms with Gasteiger partial charge in [0, 0.05) is 24.9 Å². The number of carbonyl (C=O) groups excluding carboxylic acids is 1. The zero-order valence-corrected chi connectivity index (χ0v) is 10.1. The third-order valence-corrected chi connectivity index (χ3v) is 2.37. The van der Waals surface area contributed by atoms with Crippen LogP contribution in [0, 0.1) is 5.82 Å². The summed E-state index contributed by atoms with van der Waals surface area (Å²) in [6.07, 6.45) is 1.98. The van der Waals surface area contributed by atoms with E-state index < -0.39 is 5.82 Å². The van der Waals surface area contributed by atoms with Gasteiger partial charge in [-0.1, -0.05) is 11.3 Å². The first-order chi connectivity index (χ1) is 9.17. The van der Waals surface area contributed by atoms with Crippen LogP contribution < -0.4 is 5.32 Å². The number of aromatic nitrogens is 3. The SMILES string of the molecule is O=C(Cn1cc(CCO)nn1)Nc1cccc(F)c1. The molecule has 2 rings (SSSR count). The maximum atomic E-state index is 12.9. The number of rotatable bonds is 5. The maximum Gasteiger partial charge on any atom is 0.246 e. The molecule has 6 nitrogen and oxygen atoms in total. The molecule has 1 amide bonds. The van der Waals surface area contributed by atoms with E-state index in [1.165, 1.54) is 22.9 Å². The fraction of sp³-hybridized carbons (Fsp3) is 0.250. The fourth-order valence-electron chi connectivity index (χ4n) is 1.56. The van der Waals surface area contributed by atoms with Crippen LogP contribution in [0.25, 0.3) is 0 Å². The number of nitrogens with one attached hydrogen (secondary N) is 1. The van der Waals surface area contributed by atoms with Gasteiger partial charge in [0.25, 0.3) is 0 Å². The van der Waals surface area contributed by atoms with Crippen LogP contribution in [0.5, 0.6) is 0 Å². The smallest absolute Gasteiger partial charge is 0.246 e. The number of hydrogen-bond donors (Lipinski definition) is 2. The van der Waals surface area contributed by atoms with Gasteiger partial charge < -0.3 is 10.4 Å². The molecule has 100 valence electrons. The Labute approximate surface area is 108 Å². The highest BCUT2D eigenvalue weighted by molar-refractivity contribution is 5.90. The Balaban J connectivity index is 1.93. The number of benzene rings is 1. The van der Waals surface area contributed by atoms with E-state index >= 15 is 0 Å². The molecule has 2 N–H and O–H groups in total. The summed E-state index contributed by atoms with van der Waals surface area (Å²) in [6.45, 7) is -0.0386. The van der Waals surface area contributed by atoms with Gasteiger partial charge in [-0.25, -0.2) is 9.07 Å². The zero-order chi connectivity index (χ0) is 13.7. The van der Waals surface area contributed by atoms with E-state index in [2.05, 4.69) is 15.6 Å². The molecule has 0 aliphatic carbocycles. The van der Waals surface area contributed by atoms with E-state index in [0.717, 1.165) is 0 Å². The van der Waals surface area contributed by atoms with E-state index in [1.807, 2.05) is 0 Å². The molecule has 0 aliphatic rings. The van der Waals surface area contributed by atoms with Crippen LogP contribution in [0.4, 0.5) is 10.1 Å². The number of amides is 1. The average molecular weight is 264 g/mol. The number of aliphatic hydroxyl groups is 1. The first kappa shape index (κ1) is 13.2. The predicted molar refractivity (Wildman–Crippen MR) is 65.8 cm³/mol. The molecule has 0 saturated heterocycles. The van der Waals surface area contributed by atoms with Gasteiger partial charge in [-0.2, -0.15) is 0 Å². The van der Waals surface area contributed by atoms with Crippen molar-refractivity contribution in [2.45, 2.75) is 13.0 Å². The minimum atomic E-state index is -0.413. The minimum Gasteiger partial charge on any atom is -0.396 e. The molecule has 1 heterocycles. The summed E-state index contributed by atoms with van der Waals surface area (Å²) in [5.74, 6) is -0.741. The van der Waals surface area contributed by atoms with Crippen LogP contribution in [0.1, 0.15) is 5.69 Å². The Bertz CT molecular complexity index is 570. The molecule has 0 bridgehead atoms. The molecule has 1 aromatic heterocycles. The number of carbonyl (C=O) groups is 1. The van der Waals surface area contributed by atoms with Gasteiger partial charge in [0.05, 0.1) is 5.69 Å². The molecule has 1 aromatic carbocycles. The monoisotopic (exact) mass is 264 g/mol. The largest absolute Gasteiger partial charge is 0.396 e. The molecule has 0 radical (unpaired) electrons. The Morgan fingerprint density at radius 2 is 2.32 bits per heavy atom. The number of halogens is 1. The Kier molecular flexibility index (Phi) is 4.19. The normalized spacial score (nSPS) is 10.4. The van der Waals surface area contributed by atoms with Gasteiger partial charge in [0.1, 0.15) is 12.4 Å². The van der Waals surface area contributed by atoms with Crippen LogP contribution in [-0.2, 0) is 17.8 Å². The Morgan fingerprint density at radius 3 is 3.05 bits per heavy atom. The van der Waals surface area contributed by atoms with Crippen molar-refractivity contribution in [3.05, 3.63) is 42.0 Å². The van der Waals surface area contributed by atoms with Crippen LogP contribution >= 0.6 is 0 Å². The molecule has 0 saturated carbocycles. The second kappa shape index (κ2) is 6.05. The van der Waals surface area contributed by atoms with Crippen molar-refractivity contribution in [2.75, 3.05) is 11.9 Å². The fourth-order valence-corrected chi connectivity index (χ4v) is 1.56. The average Bonchev–Trinajstić information content (AvgIpc) is 2.77. The van der Waals surface area contributed by atoms with Crippen molar-refractivity contribution in [3.63, 3.8) is 0 Å². The quantitative estimate of drug-likeness (QED) is 0.828. The number of hydrogen-bond acceptors (Lipinski definition) is 4. The second-order valence-corrected chi connectivity index (χ2v) is 3.94. The molecule has 19 heavy (non-hydrogen) atoms. The van der Waals surface area contributed by atoms with Gasteiger partial charge in [-0.05, 0) is 18.2 Å². The summed E-state index contributed by atoms with van der Waals surface area (Å²) in [4.78, 5) is 11.7. The number of anilines is 1. The van der Waals surface area contributed by atoms with Gasteiger partial charge in [0.2, 0.25) is 5.91 Å². The standard InChI is InChI=1S/C12H13FN4O2/c13-9-2-1-3-10(6-9)14-12(19)8-17-7-11(4-5-18)15-16-17/h1-3,6-7,18H,4-5,8H2,(H,14,19). The van der Waals surface area contributed by atoms with Crippen molar-refractivity contribution < 1.29 is 14.3 Å². The van der Waals surface area contributed by atoms with Crippen molar-refractivity contribution in [2.24, 2.45) is 0 Å². The molecule has 0 aliphatic heterocycles. The lowest BCUT2D eigenvalue weighted by atomic mass is 10.3. The highest BCUT2D eigenvalue weighted by Gasteiger charge is 2.06. The van der Waals surface area contributed by atoms with Gasteiger partial charge in [-0.3, -0.25) is 4.79 Å². The van der Waals surface area contributed by atoms with E-state index in [-0.39, 0.29) is 19.1 Å². The van der Waals surface area contributed by atoms with Crippen LogP contribution in [-0.4, -0.2) is 32.6 Å². The van der Waals surface area contributed by atoms with Gasteiger partial charge in [-0.15, -0.1) is 5.10 Å². The first-order valence-electron chi connectivity index (χ1n) is 5.72. The zero-order valence-electron chi connectivity index (χ0n) is 10.1. The van der Waals surface area contributed by atoms with Gasteiger partial charge in [0.15, 0.2) is 0 Å². The molecule has 0 unspecified atom stereocenters. The molecular weight excluding hydrogens is 251 g/mol. The lowest BCUT2D eigenvalue weighted by Crippen LogP contribution is -2.19. The number of aliphatic hydroxyl groups excluding tert-OH is 1. The van der Waals surface area contributed by atoms with Crippen LogP contribution in [0.3, 0.4) is 0 Å².